The van der Waals surface area contributed by atoms with Gasteiger partial charge in [-0.15, -0.1) is 0 Å². The van der Waals surface area contributed by atoms with Crippen LogP contribution in [0.1, 0.15) is 82.8 Å². The molecule has 0 bridgehead atoms. The standard InChI is InChI=1S/C23H32N2O.H2/c26-22(17-10-11-17)24-21-16-23(20-9-5-4-8-19(20)21)12-14-25(15-13-23)18-6-2-1-3-7-18;/h4-5,8-9,17-18,21H,1-3,6-7,10-16H2,(H,24,26);1H/t21-;/m0./s1. The summed E-state index contributed by atoms with van der Waals surface area (Å²) in [5, 5.41) is 3.39. The van der Waals surface area contributed by atoms with Gasteiger partial charge >= 0.3 is 0 Å². The van der Waals surface area contributed by atoms with Crippen molar-refractivity contribution in [3.63, 3.8) is 0 Å². The van der Waals surface area contributed by atoms with Crippen LogP contribution in [-0.4, -0.2) is 29.9 Å². The molecule has 0 aromatic heterocycles. The van der Waals surface area contributed by atoms with Crippen LogP contribution in [0.2, 0.25) is 0 Å². The monoisotopic (exact) mass is 354 g/mol. The fraction of sp³-hybridized carbons (Fsp3) is 0.696. The van der Waals surface area contributed by atoms with Crippen molar-refractivity contribution in [2.45, 2.75) is 81.7 Å². The van der Waals surface area contributed by atoms with E-state index in [1.807, 2.05) is 0 Å². The van der Waals surface area contributed by atoms with Crippen molar-refractivity contribution in [3.05, 3.63) is 35.4 Å². The molecule has 0 unspecified atom stereocenters. The van der Waals surface area contributed by atoms with E-state index >= 15 is 0 Å². The van der Waals surface area contributed by atoms with Gasteiger partial charge in [-0.3, -0.25) is 4.79 Å². The predicted octanol–water partition coefficient (Wildman–Crippen LogP) is 4.57. The quantitative estimate of drug-likeness (QED) is 0.862. The van der Waals surface area contributed by atoms with Gasteiger partial charge in [0.2, 0.25) is 5.91 Å². The molecule has 4 aliphatic rings. The number of benzene rings is 1. The molecule has 1 N–H and O–H groups in total. The van der Waals surface area contributed by atoms with Gasteiger partial charge in [-0.1, -0.05) is 43.5 Å². The number of carbonyl (C=O) groups is 1. The molecular weight excluding hydrogens is 320 g/mol. The van der Waals surface area contributed by atoms with Gasteiger partial charge in [0.15, 0.2) is 0 Å². The lowest BCUT2D eigenvalue weighted by molar-refractivity contribution is -0.123. The van der Waals surface area contributed by atoms with Crippen LogP contribution in [0.4, 0.5) is 0 Å². The highest BCUT2D eigenvalue weighted by Gasteiger charge is 2.47. The van der Waals surface area contributed by atoms with Crippen LogP contribution in [-0.2, 0) is 10.2 Å². The molecule has 1 atom stereocenters. The topological polar surface area (TPSA) is 32.3 Å². The molecule has 1 heterocycles. The van der Waals surface area contributed by atoms with Gasteiger partial charge in [-0.2, -0.15) is 0 Å². The summed E-state index contributed by atoms with van der Waals surface area (Å²) in [6, 6.07) is 10.0. The molecule has 26 heavy (non-hydrogen) atoms. The second-order valence-corrected chi connectivity index (χ2v) is 9.23. The first-order valence-corrected chi connectivity index (χ1v) is 10.9. The average Bonchev–Trinajstić information content (AvgIpc) is 3.50. The second kappa shape index (κ2) is 6.67. The molecule has 142 valence electrons. The molecule has 1 amide bonds. The zero-order valence-corrected chi connectivity index (χ0v) is 15.9. The van der Waals surface area contributed by atoms with Crippen LogP contribution < -0.4 is 5.32 Å². The third-order valence-electron chi connectivity index (χ3n) is 7.61. The van der Waals surface area contributed by atoms with Crippen molar-refractivity contribution in [2.75, 3.05) is 13.1 Å². The van der Waals surface area contributed by atoms with E-state index in [-0.39, 0.29) is 7.47 Å². The summed E-state index contributed by atoms with van der Waals surface area (Å²) in [5.41, 5.74) is 3.22. The molecule has 1 aliphatic heterocycles. The van der Waals surface area contributed by atoms with E-state index in [4.69, 9.17) is 0 Å². The Bertz CT molecular complexity index is 673. The van der Waals surface area contributed by atoms with Crippen LogP contribution in [0.5, 0.6) is 0 Å². The van der Waals surface area contributed by atoms with E-state index in [1.165, 1.54) is 69.2 Å². The van der Waals surface area contributed by atoms with Crippen molar-refractivity contribution in [2.24, 2.45) is 5.92 Å². The maximum absolute atomic E-state index is 12.4. The van der Waals surface area contributed by atoms with Crippen LogP contribution >= 0.6 is 0 Å². The fourth-order valence-electron chi connectivity index (χ4n) is 5.90. The molecular formula is C23H34N2O. The highest BCUT2D eigenvalue weighted by Crippen LogP contribution is 2.51. The van der Waals surface area contributed by atoms with Gasteiger partial charge in [-0.25, -0.2) is 0 Å². The van der Waals surface area contributed by atoms with Crippen molar-refractivity contribution < 1.29 is 6.22 Å². The lowest BCUT2D eigenvalue weighted by Crippen LogP contribution is -2.47. The maximum Gasteiger partial charge on any atom is 0.223 e. The van der Waals surface area contributed by atoms with Crippen LogP contribution in [0.3, 0.4) is 0 Å². The summed E-state index contributed by atoms with van der Waals surface area (Å²) in [4.78, 5) is 15.2. The first-order chi connectivity index (χ1) is 12.8. The zero-order chi connectivity index (χ0) is 17.6. The van der Waals surface area contributed by atoms with Gasteiger partial charge in [0.05, 0.1) is 6.04 Å². The minimum absolute atomic E-state index is 0. The van der Waals surface area contributed by atoms with E-state index in [0.29, 0.717) is 17.2 Å². The Morgan fingerprint density at radius 3 is 2.50 bits per heavy atom. The summed E-state index contributed by atoms with van der Waals surface area (Å²) in [6.45, 7) is 2.48. The lowest BCUT2D eigenvalue weighted by atomic mass is 9.73. The third-order valence-corrected chi connectivity index (χ3v) is 7.61. The number of rotatable bonds is 3. The minimum atomic E-state index is 0. The molecule has 3 fully saturated rings. The number of fused-ring (bicyclic) bond motifs is 2. The Morgan fingerprint density at radius 1 is 1.04 bits per heavy atom. The van der Waals surface area contributed by atoms with Gasteiger partial charge in [0, 0.05) is 18.8 Å². The van der Waals surface area contributed by atoms with Gasteiger partial charge in [-0.05, 0) is 69.2 Å². The summed E-state index contributed by atoms with van der Waals surface area (Å²) in [5.74, 6) is 0.591. The number of likely N-dealkylation sites (tertiary alicyclic amines) is 1. The number of amides is 1. The van der Waals surface area contributed by atoms with Gasteiger partial charge in [0.1, 0.15) is 0 Å². The molecule has 1 aromatic carbocycles. The molecule has 2 saturated carbocycles. The molecule has 0 radical (unpaired) electrons. The molecule has 3 nitrogen and oxygen atoms in total. The Morgan fingerprint density at radius 2 is 1.77 bits per heavy atom. The zero-order valence-electron chi connectivity index (χ0n) is 15.9. The molecule has 3 aliphatic carbocycles. The largest absolute Gasteiger partial charge is 0.349 e. The maximum atomic E-state index is 12.4. The van der Waals surface area contributed by atoms with E-state index in [1.54, 1.807) is 0 Å². The first kappa shape index (κ1) is 16.8. The van der Waals surface area contributed by atoms with Crippen LogP contribution in [0, 0.1) is 5.92 Å². The van der Waals surface area contributed by atoms with Crippen molar-refractivity contribution in [1.82, 2.24) is 10.2 Å². The number of nitrogens with one attached hydrogen (secondary N) is 1. The summed E-state index contributed by atoms with van der Waals surface area (Å²) < 4.78 is 0. The minimum Gasteiger partial charge on any atom is -0.349 e. The Labute approximate surface area is 159 Å². The number of hydrogen-bond acceptors (Lipinski definition) is 2. The van der Waals surface area contributed by atoms with Crippen LogP contribution in [0.25, 0.3) is 0 Å². The van der Waals surface area contributed by atoms with E-state index in [9.17, 15) is 4.79 Å². The van der Waals surface area contributed by atoms with E-state index in [2.05, 4.69) is 34.5 Å². The third kappa shape index (κ3) is 2.98. The second-order valence-electron chi connectivity index (χ2n) is 9.23. The first-order valence-electron chi connectivity index (χ1n) is 10.9. The highest BCUT2D eigenvalue weighted by atomic mass is 16.2. The Balaban J connectivity index is 0.00000180. The van der Waals surface area contributed by atoms with E-state index in [0.717, 1.165) is 25.3 Å². The van der Waals surface area contributed by atoms with Crippen molar-refractivity contribution in [3.8, 4) is 0 Å². The number of carbonyl (C=O) groups excluding carboxylic acids is 1. The average molecular weight is 355 g/mol. The number of piperidine rings is 1. The highest BCUT2D eigenvalue weighted by molar-refractivity contribution is 5.81. The Hall–Kier alpha value is -1.35. The molecule has 1 spiro atoms. The molecule has 1 aromatic rings. The lowest BCUT2D eigenvalue weighted by Gasteiger charge is -2.44. The van der Waals surface area contributed by atoms with Gasteiger partial charge < -0.3 is 10.2 Å². The summed E-state index contributed by atoms with van der Waals surface area (Å²) in [6.07, 6.45) is 12.9. The normalized spacial score (nSPS) is 28.8. The fourth-order valence-corrected chi connectivity index (χ4v) is 5.90. The van der Waals surface area contributed by atoms with E-state index < -0.39 is 0 Å². The van der Waals surface area contributed by atoms with Crippen LogP contribution in [0.15, 0.2) is 24.3 Å². The van der Waals surface area contributed by atoms with Crippen molar-refractivity contribution >= 4 is 5.91 Å². The van der Waals surface area contributed by atoms with Gasteiger partial charge in [0.25, 0.3) is 0 Å². The SMILES string of the molecule is O=C(N[C@H]1CC2(CCN(C3CCCCC3)CC2)c2ccccc21)C1CC1.[HH]. The molecule has 5 rings (SSSR count). The smallest absolute Gasteiger partial charge is 0.223 e. The summed E-state index contributed by atoms with van der Waals surface area (Å²) in [7, 11) is 0. The van der Waals surface area contributed by atoms with Crippen molar-refractivity contribution in [1.29, 1.82) is 0 Å². The number of nitrogens with zero attached hydrogens (tertiary/aromatic N) is 1. The summed E-state index contributed by atoms with van der Waals surface area (Å²) >= 11 is 0. The molecule has 1 saturated heterocycles. The predicted molar refractivity (Wildman–Crippen MR) is 106 cm³/mol. The molecule has 3 heteroatoms. The number of hydrogen-bond donors (Lipinski definition) is 1. The Kier molecular flexibility index (Phi) is 4.31.